The molecule has 1 saturated heterocycles. The average Bonchev–Trinajstić information content (AvgIpc) is 3.20. The molecule has 0 aliphatic carbocycles. The number of hydrogen-bond donors (Lipinski definition) is 1. The molecule has 0 atom stereocenters. The summed E-state index contributed by atoms with van der Waals surface area (Å²) in [5.74, 6) is 0.308. The van der Waals surface area contributed by atoms with Crippen molar-refractivity contribution in [3.05, 3.63) is 59.4 Å². The van der Waals surface area contributed by atoms with Crippen LogP contribution < -0.4 is 15.4 Å². The Morgan fingerprint density at radius 3 is 2.71 bits per heavy atom. The topological polar surface area (TPSA) is 75.9 Å². The van der Waals surface area contributed by atoms with Gasteiger partial charge in [-0.1, -0.05) is 29.8 Å². The van der Waals surface area contributed by atoms with Gasteiger partial charge in [0.05, 0.1) is 5.69 Å². The van der Waals surface area contributed by atoms with Crippen molar-refractivity contribution in [1.82, 2.24) is 4.90 Å². The first-order valence-corrected chi connectivity index (χ1v) is 9.46. The number of likely N-dealkylation sites (tertiary alicyclic amines) is 1. The van der Waals surface area contributed by atoms with Gasteiger partial charge in [0.1, 0.15) is 6.54 Å². The molecule has 2 aliphatic rings. The lowest BCUT2D eigenvalue weighted by Crippen LogP contribution is -2.45. The Morgan fingerprint density at radius 1 is 1.18 bits per heavy atom. The SMILES string of the molecule is Cc1cccc(/C=C2/Oc3ccc(N)cc3N(CC(=O)N3CCCC3)C2=O)c1. The van der Waals surface area contributed by atoms with Crippen molar-refractivity contribution in [2.24, 2.45) is 0 Å². The number of nitrogen functional groups attached to an aromatic ring is 1. The Labute approximate surface area is 164 Å². The minimum absolute atomic E-state index is 0.0240. The zero-order valence-corrected chi connectivity index (χ0v) is 15.9. The predicted molar refractivity (Wildman–Crippen MR) is 109 cm³/mol. The number of ether oxygens (including phenoxy) is 1. The maximum atomic E-state index is 13.2. The Balaban J connectivity index is 1.69. The van der Waals surface area contributed by atoms with Gasteiger partial charge in [-0.2, -0.15) is 0 Å². The van der Waals surface area contributed by atoms with E-state index in [1.54, 1.807) is 29.2 Å². The van der Waals surface area contributed by atoms with Crippen LogP contribution in [-0.4, -0.2) is 36.3 Å². The summed E-state index contributed by atoms with van der Waals surface area (Å²) in [7, 11) is 0. The number of rotatable bonds is 3. The maximum absolute atomic E-state index is 13.2. The van der Waals surface area contributed by atoms with Crippen LogP contribution >= 0.6 is 0 Å². The van der Waals surface area contributed by atoms with Crippen molar-refractivity contribution in [3.8, 4) is 5.75 Å². The molecule has 144 valence electrons. The largest absolute Gasteiger partial charge is 0.449 e. The molecule has 2 aromatic carbocycles. The number of anilines is 2. The van der Waals surface area contributed by atoms with Crippen molar-refractivity contribution in [2.45, 2.75) is 19.8 Å². The summed E-state index contributed by atoms with van der Waals surface area (Å²) in [6, 6.07) is 12.9. The van der Waals surface area contributed by atoms with E-state index in [4.69, 9.17) is 10.5 Å². The highest BCUT2D eigenvalue weighted by Crippen LogP contribution is 2.37. The predicted octanol–water partition coefficient (Wildman–Crippen LogP) is 2.97. The Bertz CT molecular complexity index is 961. The summed E-state index contributed by atoms with van der Waals surface area (Å²) >= 11 is 0. The molecule has 6 nitrogen and oxygen atoms in total. The van der Waals surface area contributed by atoms with Gasteiger partial charge in [-0.05, 0) is 49.6 Å². The second-order valence-electron chi connectivity index (χ2n) is 7.23. The molecule has 0 aromatic heterocycles. The first kappa shape index (κ1) is 18.1. The summed E-state index contributed by atoms with van der Waals surface area (Å²) in [5.41, 5.74) is 8.91. The Hall–Kier alpha value is -3.28. The van der Waals surface area contributed by atoms with Crippen molar-refractivity contribution in [1.29, 1.82) is 0 Å². The molecular weight excluding hydrogens is 354 g/mol. The zero-order chi connectivity index (χ0) is 19.7. The Kier molecular flexibility index (Phi) is 4.77. The molecule has 6 heteroatoms. The Morgan fingerprint density at radius 2 is 1.96 bits per heavy atom. The fraction of sp³-hybridized carbons (Fsp3) is 0.273. The molecule has 1 fully saturated rings. The number of aryl methyl sites for hydroxylation is 1. The molecule has 2 aliphatic heterocycles. The number of amides is 2. The van der Waals surface area contributed by atoms with Gasteiger partial charge in [-0.3, -0.25) is 14.5 Å². The van der Waals surface area contributed by atoms with Crippen molar-refractivity contribution in [3.63, 3.8) is 0 Å². The molecule has 2 amide bonds. The van der Waals surface area contributed by atoms with Crippen LogP contribution in [0, 0.1) is 6.92 Å². The summed E-state index contributed by atoms with van der Waals surface area (Å²) in [6.45, 7) is 3.45. The van der Waals surface area contributed by atoms with Crippen molar-refractivity contribution < 1.29 is 14.3 Å². The highest BCUT2D eigenvalue weighted by atomic mass is 16.5. The van der Waals surface area contributed by atoms with Gasteiger partial charge in [0.15, 0.2) is 11.5 Å². The third-order valence-electron chi connectivity index (χ3n) is 5.04. The highest BCUT2D eigenvalue weighted by Gasteiger charge is 2.33. The molecule has 2 N–H and O–H groups in total. The minimum Gasteiger partial charge on any atom is -0.449 e. The summed E-state index contributed by atoms with van der Waals surface area (Å²) in [5, 5.41) is 0. The van der Waals surface area contributed by atoms with Crippen molar-refractivity contribution in [2.75, 3.05) is 30.3 Å². The van der Waals surface area contributed by atoms with Gasteiger partial charge in [-0.25, -0.2) is 0 Å². The number of benzene rings is 2. The molecule has 0 saturated carbocycles. The second kappa shape index (κ2) is 7.38. The van der Waals surface area contributed by atoms with Gasteiger partial charge in [0.25, 0.3) is 5.91 Å². The molecule has 0 bridgehead atoms. The standard InChI is InChI=1S/C22H23N3O3/c1-15-5-4-6-16(11-15)12-20-22(27)25(14-21(26)24-9-2-3-10-24)18-13-17(23)7-8-19(18)28-20/h4-8,11-13H,2-3,9-10,14,23H2,1H3/b20-12+. The lowest BCUT2D eigenvalue weighted by Gasteiger charge is -2.31. The minimum atomic E-state index is -0.341. The highest BCUT2D eigenvalue weighted by molar-refractivity contribution is 6.12. The van der Waals surface area contributed by atoms with Crippen molar-refractivity contribution >= 4 is 29.3 Å². The number of nitrogens with two attached hydrogens (primary N) is 1. The molecule has 4 rings (SSSR count). The molecule has 28 heavy (non-hydrogen) atoms. The van der Waals surface area contributed by atoms with E-state index >= 15 is 0 Å². The number of nitrogens with zero attached hydrogens (tertiary/aromatic N) is 2. The summed E-state index contributed by atoms with van der Waals surface area (Å²) in [6.07, 6.45) is 3.72. The van der Waals surface area contributed by atoms with E-state index in [9.17, 15) is 9.59 Å². The number of fused-ring (bicyclic) bond motifs is 1. The molecule has 0 spiro atoms. The van der Waals surface area contributed by atoms with Crippen LogP contribution in [0.15, 0.2) is 48.2 Å². The van der Waals surface area contributed by atoms with Crippen LogP contribution in [0.2, 0.25) is 0 Å². The number of hydrogen-bond acceptors (Lipinski definition) is 4. The summed E-state index contributed by atoms with van der Waals surface area (Å²) in [4.78, 5) is 29.1. The molecular formula is C22H23N3O3. The molecule has 0 radical (unpaired) electrons. The van der Waals surface area contributed by atoms with Gasteiger partial charge in [0, 0.05) is 18.8 Å². The second-order valence-corrected chi connectivity index (χ2v) is 7.23. The first-order chi connectivity index (χ1) is 13.5. The third-order valence-corrected chi connectivity index (χ3v) is 5.04. The fourth-order valence-electron chi connectivity index (χ4n) is 3.60. The quantitative estimate of drug-likeness (QED) is 0.659. The maximum Gasteiger partial charge on any atom is 0.294 e. The van der Waals surface area contributed by atoms with Crippen LogP contribution in [0.3, 0.4) is 0 Å². The van der Waals surface area contributed by atoms with E-state index in [-0.39, 0.29) is 24.1 Å². The van der Waals surface area contributed by atoms with Gasteiger partial charge < -0.3 is 15.4 Å². The lowest BCUT2D eigenvalue weighted by atomic mass is 10.1. The van der Waals surface area contributed by atoms with Crippen LogP contribution in [0.25, 0.3) is 6.08 Å². The van der Waals surface area contributed by atoms with E-state index in [1.807, 2.05) is 31.2 Å². The molecule has 0 unspecified atom stereocenters. The summed E-state index contributed by atoms with van der Waals surface area (Å²) < 4.78 is 5.87. The van der Waals surface area contributed by atoms with E-state index < -0.39 is 0 Å². The third kappa shape index (κ3) is 3.58. The van der Waals surface area contributed by atoms with Crippen LogP contribution in [0.5, 0.6) is 5.75 Å². The lowest BCUT2D eigenvalue weighted by molar-refractivity contribution is -0.130. The number of carbonyl (C=O) groups is 2. The molecule has 2 heterocycles. The average molecular weight is 377 g/mol. The zero-order valence-electron chi connectivity index (χ0n) is 15.9. The van der Waals surface area contributed by atoms with Gasteiger partial charge >= 0.3 is 0 Å². The van der Waals surface area contributed by atoms with E-state index in [2.05, 4.69) is 0 Å². The monoisotopic (exact) mass is 377 g/mol. The van der Waals surface area contributed by atoms with Crippen LogP contribution in [-0.2, 0) is 9.59 Å². The van der Waals surface area contributed by atoms with Gasteiger partial charge in [-0.15, -0.1) is 0 Å². The van der Waals surface area contributed by atoms with E-state index in [0.29, 0.717) is 17.1 Å². The van der Waals surface area contributed by atoms with E-state index in [0.717, 1.165) is 37.1 Å². The van der Waals surface area contributed by atoms with Crippen LogP contribution in [0.4, 0.5) is 11.4 Å². The number of carbonyl (C=O) groups excluding carboxylic acids is 2. The fourth-order valence-corrected chi connectivity index (χ4v) is 3.60. The van der Waals surface area contributed by atoms with Gasteiger partial charge in [0.2, 0.25) is 5.91 Å². The normalized spacial score (nSPS) is 17.6. The first-order valence-electron chi connectivity index (χ1n) is 9.46. The van der Waals surface area contributed by atoms with E-state index in [1.165, 1.54) is 4.90 Å². The smallest absolute Gasteiger partial charge is 0.294 e. The van der Waals surface area contributed by atoms with Crippen LogP contribution in [0.1, 0.15) is 24.0 Å². The molecule has 2 aromatic rings.